The molecule has 0 heterocycles. The van der Waals surface area contributed by atoms with Crippen molar-refractivity contribution in [2.24, 2.45) is 0 Å². The van der Waals surface area contributed by atoms with Crippen molar-refractivity contribution in [3.8, 4) is 11.5 Å². The predicted molar refractivity (Wildman–Crippen MR) is 143 cm³/mol. The maximum absolute atomic E-state index is 13.7. The Morgan fingerprint density at radius 2 is 1.74 bits per heavy atom. The zero-order chi connectivity index (χ0) is 25.8. The lowest BCUT2D eigenvalue weighted by molar-refractivity contribution is -0.113. The molecule has 0 aliphatic rings. The molecular weight excluding hydrogens is 530 g/mol. The molecule has 0 fully saturated rings. The minimum atomic E-state index is -4.17. The molecule has 0 aromatic heterocycles. The zero-order valence-corrected chi connectivity index (χ0v) is 22.7. The van der Waals surface area contributed by atoms with Gasteiger partial charge in [0.25, 0.3) is 15.9 Å². The fourth-order valence-electron chi connectivity index (χ4n) is 3.49. The summed E-state index contributed by atoms with van der Waals surface area (Å²) in [6, 6.07) is 15.2. The molecule has 0 unspecified atom stereocenters. The van der Waals surface area contributed by atoms with E-state index in [2.05, 4.69) is 15.9 Å². The summed E-state index contributed by atoms with van der Waals surface area (Å²) < 4.78 is 39.9. The number of amides is 1. The molecule has 0 saturated heterocycles. The second kappa shape index (κ2) is 11.1. The Hall–Kier alpha value is -3.10. The highest BCUT2D eigenvalue weighted by Gasteiger charge is 2.31. The Labute approximate surface area is 215 Å². The second-order valence-corrected chi connectivity index (χ2v) is 10.6. The van der Waals surface area contributed by atoms with Crippen LogP contribution in [0, 0.1) is 20.8 Å². The van der Waals surface area contributed by atoms with Gasteiger partial charge in [-0.05, 0) is 96.7 Å². The molecule has 6 nitrogen and oxygen atoms in total. The number of anilines is 1. The Bertz CT molecular complexity index is 1370. The van der Waals surface area contributed by atoms with Gasteiger partial charge in [-0.2, -0.15) is 4.31 Å². The summed E-state index contributed by atoms with van der Waals surface area (Å²) in [6.45, 7) is 7.88. The Morgan fingerprint density at radius 3 is 2.37 bits per heavy atom. The fourth-order valence-corrected chi connectivity index (χ4v) is 5.51. The van der Waals surface area contributed by atoms with Gasteiger partial charge in [-0.15, -0.1) is 0 Å². The maximum Gasteiger partial charge on any atom is 0.271 e. The first-order valence-corrected chi connectivity index (χ1v) is 13.2. The SMILES string of the molecule is CCOc1c(Br)cc(/C=C/C(=O)N(c2cccc(C)c2C)S(=O)(=O)c2ccc(C)cc2)cc1OC. The lowest BCUT2D eigenvalue weighted by atomic mass is 10.1. The van der Waals surface area contributed by atoms with Crippen molar-refractivity contribution < 1.29 is 22.7 Å². The predicted octanol–water partition coefficient (Wildman–Crippen LogP) is 6.22. The number of rotatable bonds is 8. The van der Waals surface area contributed by atoms with Gasteiger partial charge in [-0.3, -0.25) is 4.79 Å². The third-order valence-electron chi connectivity index (χ3n) is 5.51. The van der Waals surface area contributed by atoms with E-state index in [1.807, 2.05) is 26.8 Å². The molecule has 0 radical (unpaired) electrons. The molecule has 3 aromatic carbocycles. The number of ether oxygens (including phenoxy) is 2. The van der Waals surface area contributed by atoms with E-state index in [1.54, 1.807) is 49.4 Å². The first-order chi connectivity index (χ1) is 16.6. The number of halogens is 1. The summed E-state index contributed by atoms with van der Waals surface area (Å²) >= 11 is 3.47. The fraction of sp³-hybridized carbons (Fsp3) is 0.222. The molecule has 0 saturated carbocycles. The molecule has 0 N–H and O–H groups in total. The number of sulfonamides is 1. The molecule has 3 aromatic rings. The van der Waals surface area contributed by atoms with Gasteiger partial charge in [0.2, 0.25) is 0 Å². The van der Waals surface area contributed by atoms with Crippen molar-refractivity contribution in [1.29, 1.82) is 0 Å². The number of carbonyl (C=O) groups excluding carboxylic acids is 1. The van der Waals surface area contributed by atoms with Gasteiger partial charge in [0, 0.05) is 6.08 Å². The summed E-state index contributed by atoms with van der Waals surface area (Å²) in [5.74, 6) is 0.354. The molecule has 3 rings (SSSR count). The molecule has 1 amide bonds. The molecule has 0 aliphatic heterocycles. The third-order valence-corrected chi connectivity index (χ3v) is 7.83. The second-order valence-electron chi connectivity index (χ2n) is 7.94. The molecule has 184 valence electrons. The van der Waals surface area contributed by atoms with E-state index in [4.69, 9.17) is 9.47 Å². The highest BCUT2D eigenvalue weighted by atomic mass is 79.9. The zero-order valence-electron chi connectivity index (χ0n) is 20.3. The van der Waals surface area contributed by atoms with Crippen LogP contribution in [0.2, 0.25) is 0 Å². The number of nitrogens with zero attached hydrogens (tertiary/aromatic N) is 1. The minimum Gasteiger partial charge on any atom is -0.493 e. The molecule has 35 heavy (non-hydrogen) atoms. The van der Waals surface area contributed by atoms with Crippen LogP contribution in [0.5, 0.6) is 11.5 Å². The summed E-state index contributed by atoms with van der Waals surface area (Å²) in [6.07, 6.45) is 2.79. The van der Waals surface area contributed by atoms with Crippen LogP contribution >= 0.6 is 15.9 Å². The largest absolute Gasteiger partial charge is 0.493 e. The van der Waals surface area contributed by atoms with Crippen LogP contribution in [-0.2, 0) is 14.8 Å². The monoisotopic (exact) mass is 557 g/mol. The van der Waals surface area contributed by atoms with Crippen molar-refractivity contribution in [3.63, 3.8) is 0 Å². The number of carbonyl (C=O) groups is 1. The summed E-state index contributed by atoms with van der Waals surface area (Å²) in [4.78, 5) is 13.5. The lowest BCUT2D eigenvalue weighted by Gasteiger charge is -2.24. The van der Waals surface area contributed by atoms with E-state index >= 15 is 0 Å². The highest BCUT2D eigenvalue weighted by Crippen LogP contribution is 2.37. The lowest BCUT2D eigenvalue weighted by Crippen LogP contribution is -2.36. The highest BCUT2D eigenvalue weighted by molar-refractivity contribution is 9.10. The van der Waals surface area contributed by atoms with Crippen LogP contribution in [0.4, 0.5) is 5.69 Å². The summed E-state index contributed by atoms with van der Waals surface area (Å²) in [7, 11) is -2.64. The van der Waals surface area contributed by atoms with Crippen molar-refractivity contribution in [2.45, 2.75) is 32.6 Å². The first kappa shape index (κ1) is 26.5. The van der Waals surface area contributed by atoms with E-state index in [0.29, 0.717) is 39.4 Å². The van der Waals surface area contributed by atoms with Crippen LogP contribution in [0.1, 0.15) is 29.2 Å². The average Bonchev–Trinajstić information content (AvgIpc) is 2.82. The number of hydrogen-bond donors (Lipinski definition) is 0. The van der Waals surface area contributed by atoms with Gasteiger partial charge < -0.3 is 9.47 Å². The van der Waals surface area contributed by atoms with E-state index in [1.165, 1.54) is 25.3 Å². The van der Waals surface area contributed by atoms with Crippen LogP contribution in [-0.4, -0.2) is 28.0 Å². The Kier molecular flexibility index (Phi) is 8.40. The normalized spacial score (nSPS) is 11.5. The van der Waals surface area contributed by atoms with Gasteiger partial charge in [0.15, 0.2) is 11.5 Å². The van der Waals surface area contributed by atoms with Crippen molar-refractivity contribution in [1.82, 2.24) is 0 Å². The van der Waals surface area contributed by atoms with Gasteiger partial charge in [-0.1, -0.05) is 29.8 Å². The first-order valence-electron chi connectivity index (χ1n) is 11.0. The number of methoxy groups -OCH3 is 1. The van der Waals surface area contributed by atoms with Crippen LogP contribution in [0.3, 0.4) is 0 Å². The molecule has 0 bridgehead atoms. The molecule has 0 spiro atoms. The minimum absolute atomic E-state index is 0.0382. The topological polar surface area (TPSA) is 72.9 Å². The van der Waals surface area contributed by atoms with E-state index in [-0.39, 0.29) is 4.90 Å². The Morgan fingerprint density at radius 1 is 1.06 bits per heavy atom. The van der Waals surface area contributed by atoms with E-state index in [9.17, 15) is 13.2 Å². The maximum atomic E-state index is 13.7. The quantitative estimate of drug-likeness (QED) is 0.307. The van der Waals surface area contributed by atoms with Crippen molar-refractivity contribution in [2.75, 3.05) is 18.0 Å². The number of aryl methyl sites for hydroxylation is 2. The smallest absolute Gasteiger partial charge is 0.271 e. The van der Waals surface area contributed by atoms with Gasteiger partial charge in [0.1, 0.15) is 0 Å². The molecule has 0 atom stereocenters. The van der Waals surface area contributed by atoms with Crippen LogP contribution in [0.25, 0.3) is 6.08 Å². The Balaban J connectivity index is 2.08. The van der Waals surface area contributed by atoms with Crippen molar-refractivity contribution in [3.05, 3.63) is 87.4 Å². The number of benzene rings is 3. The molecule has 8 heteroatoms. The van der Waals surface area contributed by atoms with Crippen molar-refractivity contribution >= 4 is 43.6 Å². The molecular formula is C27H28BrNO5S. The third kappa shape index (κ3) is 5.77. The van der Waals surface area contributed by atoms with Gasteiger partial charge in [-0.25, -0.2) is 8.42 Å². The van der Waals surface area contributed by atoms with Crippen LogP contribution in [0.15, 0.2) is 70.0 Å². The van der Waals surface area contributed by atoms with Gasteiger partial charge >= 0.3 is 0 Å². The standard InChI is InChI=1S/C27H28BrNO5S/c1-6-34-27-23(28)16-21(17-25(27)33-5)12-15-26(30)29(24-9-7-8-19(3)20(24)4)35(31,32)22-13-10-18(2)11-14-22/h7-17H,6H2,1-5H3/b15-12+. The summed E-state index contributed by atoms with van der Waals surface area (Å²) in [5.41, 5.74) is 3.45. The van der Waals surface area contributed by atoms with Crippen LogP contribution < -0.4 is 13.8 Å². The van der Waals surface area contributed by atoms with E-state index < -0.39 is 15.9 Å². The average molecular weight is 558 g/mol. The summed E-state index contributed by atoms with van der Waals surface area (Å²) in [5, 5.41) is 0. The van der Waals surface area contributed by atoms with E-state index in [0.717, 1.165) is 15.4 Å². The molecule has 0 aliphatic carbocycles. The number of hydrogen-bond acceptors (Lipinski definition) is 5. The van der Waals surface area contributed by atoms with Gasteiger partial charge in [0.05, 0.1) is 28.8 Å².